The lowest BCUT2D eigenvalue weighted by Gasteiger charge is -2.02. The van der Waals surface area contributed by atoms with Crippen LogP contribution < -0.4 is 0 Å². The smallest absolute Gasteiger partial charge is 0.0412 e. The molecule has 12 heavy (non-hydrogen) atoms. The number of unbranched alkanes of at least 4 members (excludes halogenated alkanes) is 6. The normalized spacial score (nSPS) is 11.0. The van der Waals surface area contributed by atoms with Crippen LogP contribution in [0.3, 0.4) is 0 Å². The third-order valence-electron chi connectivity index (χ3n) is 2.28. The highest BCUT2D eigenvalue weighted by Crippen LogP contribution is 2.09. The van der Waals surface area contributed by atoms with Gasteiger partial charge in [-0.1, -0.05) is 71.0 Å². The van der Waals surface area contributed by atoms with Gasteiger partial charge in [-0.2, -0.15) is 0 Å². The van der Waals surface area contributed by atoms with Crippen molar-refractivity contribution in [3.8, 4) is 0 Å². The van der Waals surface area contributed by atoms with Crippen LogP contribution in [0.1, 0.15) is 51.9 Å². The van der Waals surface area contributed by atoms with E-state index in [1.807, 2.05) is 0 Å². The molecule has 0 rings (SSSR count). The molecule has 73 valence electrons. The zero-order chi connectivity index (χ0) is 9.23. The molecule has 0 aromatic carbocycles. The van der Waals surface area contributed by atoms with Crippen LogP contribution in [-0.2, 0) is 0 Å². The molecule has 0 aliphatic rings. The monoisotopic (exact) mass is 185 g/mol. The van der Waals surface area contributed by atoms with E-state index >= 15 is 0 Å². The fraction of sp³-hybridized carbons (Fsp3) is 1.00. The summed E-state index contributed by atoms with van der Waals surface area (Å²) in [4.78, 5) is 0. The van der Waals surface area contributed by atoms with Crippen LogP contribution >= 0.6 is 0 Å². The van der Waals surface area contributed by atoms with E-state index in [2.05, 4.69) is 20.0 Å². The molecule has 0 amide bonds. The second-order valence-electron chi connectivity index (χ2n) is 4.08. The van der Waals surface area contributed by atoms with Crippen molar-refractivity contribution in [1.29, 1.82) is 0 Å². The molecule has 0 aromatic heterocycles. The van der Waals surface area contributed by atoms with Gasteiger partial charge in [-0.3, -0.25) is 0 Å². The number of hydrogen-bond acceptors (Lipinski definition) is 0. The molecule has 1 heteroatoms. The van der Waals surface area contributed by atoms with E-state index in [1.165, 1.54) is 51.0 Å². The van der Waals surface area contributed by atoms with E-state index in [-0.39, 0.29) is 8.80 Å². The lowest BCUT2D eigenvalue weighted by atomic mass is 10.1. The molecule has 1 radical (unpaired) electrons. The van der Waals surface area contributed by atoms with Crippen molar-refractivity contribution in [2.45, 2.75) is 71.0 Å². The highest BCUT2D eigenvalue weighted by atomic mass is 28.3. The van der Waals surface area contributed by atoms with Crippen molar-refractivity contribution < 1.29 is 0 Å². The maximum absolute atomic E-state index is 2.42. The first kappa shape index (κ1) is 12.2. The SMILES string of the molecule is CCCCCCCCC[Si](C)C. The minimum atomic E-state index is 0.0683. The van der Waals surface area contributed by atoms with Crippen molar-refractivity contribution in [2.24, 2.45) is 0 Å². The number of rotatable bonds is 8. The first-order chi connectivity index (χ1) is 5.77. The maximum atomic E-state index is 2.42. The minimum absolute atomic E-state index is 0.0683. The van der Waals surface area contributed by atoms with Gasteiger partial charge >= 0.3 is 0 Å². The summed E-state index contributed by atoms with van der Waals surface area (Å²) in [6.07, 6.45) is 10.2. The van der Waals surface area contributed by atoms with Gasteiger partial charge in [0.25, 0.3) is 0 Å². The van der Waals surface area contributed by atoms with Crippen molar-refractivity contribution >= 4 is 8.80 Å². The largest absolute Gasteiger partial charge is 0.0713 e. The Kier molecular flexibility index (Phi) is 9.47. The highest BCUT2D eigenvalue weighted by molar-refractivity contribution is 6.55. The summed E-state index contributed by atoms with van der Waals surface area (Å²) < 4.78 is 0. The quantitative estimate of drug-likeness (QED) is 0.386. The van der Waals surface area contributed by atoms with Crippen molar-refractivity contribution in [2.75, 3.05) is 0 Å². The predicted molar refractivity (Wildman–Crippen MR) is 60.3 cm³/mol. The topological polar surface area (TPSA) is 0 Å². The minimum Gasteiger partial charge on any atom is -0.0713 e. The van der Waals surface area contributed by atoms with Gasteiger partial charge in [0.2, 0.25) is 0 Å². The van der Waals surface area contributed by atoms with Crippen LogP contribution in [0.2, 0.25) is 19.1 Å². The Bertz CT molecular complexity index is 79.1. The average Bonchev–Trinajstić information content (AvgIpc) is 2.02. The molecule has 0 nitrogen and oxygen atoms in total. The molecule has 0 unspecified atom stereocenters. The molecule has 0 bridgehead atoms. The van der Waals surface area contributed by atoms with Gasteiger partial charge < -0.3 is 0 Å². The fourth-order valence-electron chi connectivity index (χ4n) is 1.44. The first-order valence-electron chi connectivity index (χ1n) is 5.56. The molecule has 0 heterocycles. The van der Waals surface area contributed by atoms with E-state index in [0.717, 1.165) is 0 Å². The van der Waals surface area contributed by atoms with Crippen molar-refractivity contribution in [3.05, 3.63) is 0 Å². The van der Waals surface area contributed by atoms with E-state index in [9.17, 15) is 0 Å². The van der Waals surface area contributed by atoms with E-state index in [0.29, 0.717) is 0 Å². The average molecular weight is 185 g/mol. The second kappa shape index (κ2) is 9.31. The predicted octanol–water partition coefficient (Wildman–Crippen LogP) is 4.49. The Balaban J connectivity index is 2.82. The Hall–Kier alpha value is 0.217. The molecule has 0 saturated heterocycles. The second-order valence-corrected chi connectivity index (χ2v) is 6.99. The lowest BCUT2D eigenvalue weighted by Crippen LogP contribution is -1.97. The lowest BCUT2D eigenvalue weighted by molar-refractivity contribution is 0.601. The Labute approximate surface area is 80.4 Å². The molecule has 0 atom stereocenters. The van der Waals surface area contributed by atoms with Crippen LogP contribution in [0.25, 0.3) is 0 Å². The maximum Gasteiger partial charge on any atom is 0.0412 e. The fourth-order valence-corrected chi connectivity index (χ4v) is 2.39. The van der Waals surface area contributed by atoms with Gasteiger partial charge in [0.1, 0.15) is 0 Å². The molecule has 0 spiro atoms. The Morgan fingerprint density at radius 3 is 1.75 bits per heavy atom. The van der Waals surface area contributed by atoms with E-state index in [4.69, 9.17) is 0 Å². The van der Waals surface area contributed by atoms with Crippen LogP contribution in [0.15, 0.2) is 0 Å². The van der Waals surface area contributed by atoms with Gasteiger partial charge in [0.15, 0.2) is 0 Å². The number of hydrogen-bond donors (Lipinski definition) is 0. The molecule has 0 aromatic rings. The van der Waals surface area contributed by atoms with E-state index in [1.54, 1.807) is 0 Å². The third-order valence-corrected chi connectivity index (χ3v) is 3.63. The molecule has 0 fully saturated rings. The summed E-state index contributed by atoms with van der Waals surface area (Å²) in [5, 5.41) is 0. The molecule has 0 saturated carbocycles. The van der Waals surface area contributed by atoms with Gasteiger partial charge in [0, 0.05) is 8.80 Å². The van der Waals surface area contributed by atoms with Crippen LogP contribution in [0.4, 0.5) is 0 Å². The zero-order valence-corrected chi connectivity index (χ0v) is 10.2. The van der Waals surface area contributed by atoms with Crippen molar-refractivity contribution in [1.82, 2.24) is 0 Å². The third kappa shape index (κ3) is 10.2. The Morgan fingerprint density at radius 1 is 0.750 bits per heavy atom. The molecule has 0 aliphatic carbocycles. The summed E-state index contributed by atoms with van der Waals surface area (Å²) in [7, 11) is 0.0683. The summed E-state index contributed by atoms with van der Waals surface area (Å²) in [6, 6.07) is 1.53. The van der Waals surface area contributed by atoms with Crippen molar-refractivity contribution in [3.63, 3.8) is 0 Å². The van der Waals surface area contributed by atoms with Crippen LogP contribution in [0.5, 0.6) is 0 Å². The van der Waals surface area contributed by atoms with E-state index < -0.39 is 0 Å². The molecular weight excluding hydrogens is 160 g/mol. The summed E-state index contributed by atoms with van der Waals surface area (Å²) in [5.41, 5.74) is 0. The zero-order valence-electron chi connectivity index (χ0n) is 9.16. The molecular formula is C11H25Si. The van der Waals surface area contributed by atoms with Crippen LogP contribution in [0, 0.1) is 0 Å². The van der Waals surface area contributed by atoms with Gasteiger partial charge in [-0.25, -0.2) is 0 Å². The Morgan fingerprint density at radius 2 is 1.25 bits per heavy atom. The molecule has 0 N–H and O–H groups in total. The summed E-state index contributed by atoms with van der Waals surface area (Å²) >= 11 is 0. The standard InChI is InChI=1S/C11H25Si/c1-4-5-6-7-8-9-10-11-12(2)3/h4-11H2,1-3H3. The van der Waals surface area contributed by atoms with Crippen LogP contribution in [-0.4, -0.2) is 8.80 Å². The summed E-state index contributed by atoms with van der Waals surface area (Å²) in [6.45, 7) is 7.12. The van der Waals surface area contributed by atoms with Gasteiger partial charge in [-0.15, -0.1) is 0 Å². The van der Waals surface area contributed by atoms with Gasteiger partial charge in [-0.05, 0) is 0 Å². The van der Waals surface area contributed by atoms with Gasteiger partial charge in [0.05, 0.1) is 0 Å². The molecule has 0 aliphatic heterocycles. The first-order valence-corrected chi connectivity index (χ1v) is 8.27. The summed E-state index contributed by atoms with van der Waals surface area (Å²) in [5.74, 6) is 0. The highest BCUT2D eigenvalue weighted by Gasteiger charge is 1.95.